The fraction of sp³-hybridized carbons (Fsp3) is 0.611. The maximum absolute atomic E-state index is 12.2. The quantitative estimate of drug-likeness (QED) is 0.842. The smallest absolute Gasteiger partial charge is 0.224 e. The van der Waals surface area contributed by atoms with Crippen molar-refractivity contribution in [2.45, 2.75) is 52.2 Å². The number of nitrogens with zero attached hydrogens (tertiary/aromatic N) is 1. The van der Waals surface area contributed by atoms with Gasteiger partial charge in [-0.05, 0) is 52.8 Å². The van der Waals surface area contributed by atoms with E-state index in [1.165, 1.54) is 12.8 Å². The van der Waals surface area contributed by atoms with Gasteiger partial charge in [-0.15, -0.1) is 0 Å². The number of amides is 1. The molecule has 0 radical (unpaired) electrons. The predicted molar refractivity (Wildman–Crippen MR) is 89.2 cm³/mol. The maximum Gasteiger partial charge on any atom is 0.224 e. The highest BCUT2D eigenvalue weighted by molar-refractivity contribution is 5.79. The van der Waals surface area contributed by atoms with Crippen molar-refractivity contribution in [3.05, 3.63) is 29.8 Å². The molecule has 1 aliphatic heterocycles. The molecule has 0 aliphatic carbocycles. The summed E-state index contributed by atoms with van der Waals surface area (Å²) >= 11 is 0. The van der Waals surface area contributed by atoms with E-state index in [1.807, 2.05) is 38.1 Å². The summed E-state index contributed by atoms with van der Waals surface area (Å²) < 4.78 is 5.76. The Hall–Kier alpha value is -1.55. The highest BCUT2D eigenvalue weighted by Gasteiger charge is 2.18. The number of para-hydroxylation sites is 1. The third kappa shape index (κ3) is 5.02. The average molecular weight is 304 g/mol. The van der Waals surface area contributed by atoms with E-state index >= 15 is 0 Å². The van der Waals surface area contributed by atoms with Crippen LogP contribution in [0.1, 0.15) is 39.2 Å². The Bertz CT molecular complexity index is 482. The van der Waals surface area contributed by atoms with Gasteiger partial charge in [0.05, 0.1) is 12.5 Å². The Morgan fingerprint density at radius 2 is 1.91 bits per heavy atom. The molecule has 2 rings (SSSR count). The van der Waals surface area contributed by atoms with Gasteiger partial charge in [0.25, 0.3) is 0 Å². The molecule has 1 fully saturated rings. The molecule has 1 amide bonds. The van der Waals surface area contributed by atoms with Crippen molar-refractivity contribution in [2.75, 3.05) is 19.6 Å². The number of carbonyl (C=O) groups is 1. The molecule has 1 aromatic carbocycles. The Kier molecular flexibility index (Phi) is 6.25. The monoisotopic (exact) mass is 304 g/mol. The fourth-order valence-electron chi connectivity index (χ4n) is 2.83. The summed E-state index contributed by atoms with van der Waals surface area (Å²) in [6.45, 7) is 9.20. The third-order valence-corrected chi connectivity index (χ3v) is 4.04. The van der Waals surface area contributed by atoms with E-state index in [0.717, 1.165) is 24.4 Å². The van der Waals surface area contributed by atoms with Gasteiger partial charge in [0.15, 0.2) is 0 Å². The Morgan fingerprint density at radius 3 is 2.59 bits per heavy atom. The second kappa shape index (κ2) is 8.18. The molecule has 0 spiro atoms. The molecule has 4 nitrogen and oxygen atoms in total. The number of benzene rings is 1. The van der Waals surface area contributed by atoms with Crippen LogP contribution in [0.3, 0.4) is 0 Å². The SMILES string of the molecule is CC(C)Oc1ccccc1CC(=O)NC[C@H](C)N1CCCC1. The molecule has 1 heterocycles. The lowest BCUT2D eigenvalue weighted by molar-refractivity contribution is -0.120. The molecule has 122 valence electrons. The van der Waals surface area contributed by atoms with Crippen LogP contribution in [-0.2, 0) is 11.2 Å². The van der Waals surface area contributed by atoms with Crippen LogP contribution in [0.2, 0.25) is 0 Å². The summed E-state index contributed by atoms with van der Waals surface area (Å²) in [5.74, 6) is 0.867. The minimum Gasteiger partial charge on any atom is -0.491 e. The van der Waals surface area contributed by atoms with Crippen LogP contribution in [0.5, 0.6) is 5.75 Å². The average Bonchev–Trinajstić information content (AvgIpc) is 3.00. The molecular formula is C18H28N2O2. The molecule has 1 aliphatic rings. The lowest BCUT2D eigenvalue weighted by atomic mass is 10.1. The minimum absolute atomic E-state index is 0.0610. The molecular weight excluding hydrogens is 276 g/mol. The third-order valence-electron chi connectivity index (χ3n) is 4.04. The first kappa shape index (κ1) is 16.8. The second-order valence-electron chi connectivity index (χ2n) is 6.35. The Morgan fingerprint density at radius 1 is 1.23 bits per heavy atom. The Balaban J connectivity index is 1.84. The number of nitrogens with one attached hydrogen (secondary N) is 1. The van der Waals surface area contributed by atoms with Crippen molar-refractivity contribution in [3.63, 3.8) is 0 Å². The standard InChI is InChI=1S/C18H28N2O2/c1-14(2)22-17-9-5-4-8-16(17)12-18(21)19-13-15(3)20-10-6-7-11-20/h4-5,8-9,14-15H,6-7,10-13H2,1-3H3,(H,19,21)/t15-/m0/s1. The van der Waals surface area contributed by atoms with Crippen LogP contribution in [0, 0.1) is 0 Å². The van der Waals surface area contributed by atoms with Gasteiger partial charge in [-0.2, -0.15) is 0 Å². The van der Waals surface area contributed by atoms with Crippen LogP contribution >= 0.6 is 0 Å². The van der Waals surface area contributed by atoms with E-state index in [1.54, 1.807) is 0 Å². The summed E-state index contributed by atoms with van der Waals surface area (Å²) in [6, 6.07) is 8.18. The molecule has 1 N–H and O–H groups in total. The largest absolute Gasteiger partial charge is 0.491 e. The summed E-state index contributed by atoms with van der Waals surface area (Å²) in [4.78, 5) is 14.6. The van der Waals surface area contributed by atoms with Crippen molar-refractivity contribution in [2.24, 2.45) is 0 Å². The summed E-state index contributed by atoms with van der Waals surface area (Å²) in [5, 5.41) is 3.05. The minimum atomic E-state index is 0.0610. The van der Waals surface area contributed by atoms with Crippen molar-refractivity contribution >= 4 is 5.91 Å². The van der Waals surface area contributed by atoms with Crippen molar-refractivity contribution in [3.8, 4) is 5.75 Å². The Labute approximate surface area is 133 Å². The number of ether oxygens (including phenoxy) is 1. The molecule has 0 unspecified atom stereocenters. The van der Waals surface area contributed by atoms with E-state index in [9.17, 15) is 4.79 Å². The number of likely N-dealkylation sites (tertiary alicyclic amines) is 1. The predicted octanol–water partition coefficient (Wildman–Crippen LogP) is 2.62. The van der Waals surface area contributed by atoms with Crippen molar-refractivity contribution in [1.29, 1.82) is 0 Å². The van der Waals surface area contributed by atoms with Crippen LogP contribution in [-0.4, -0.2) is 42.6 Å². The zero-order valence-electron chi connectivity index (χ0n) is 14.0. The molecule has 0 aromatic heterocycles. The van der Waals surface area contributed by atoms with Crippen molar-refractivity contribution in [1.82, 2.24) is 10.2 Å². The number of rotatable bonds is 7. The molecule has 0 bridgehead atoms. The zero-order chi connectivity index (χ0) is 15.9. The first-order valence-corrected chi connectivity index (χ1v) is 8.31. The molecule has 1 aromatic rings. The van der Waals surface area contributed by atoms with Gasteiger partial charge in [0.2, 0.25) is 5.91 Å². The van der Waals surface area contributed by atoms with Gasteiger partial charge < -0.3 is 10.1 Å². The lowest BCUT2D eigenvalue weighted by Gasteiger charge is -2.24. The van der Waals surface area contributed by atoms with Gasteiger partial charge in [0.1, 0.15) is 5.75 Å². The van der Waals surface area contributed by atoms with E-state index in [0.29, 0.717) is 19.0 Å². The fourth-order valence-corrected chi connectivity index (χ4v) is 2.83. The van der Waals surface area contributed by atoms with Gasteiger partial charge in [-0.1, -0.05) is 18.2 Å². The molecule has 1 atom stereocenters. The number of hydrogen-bond donors (Lipinski definition) is 1. The summed E-state index contributed by atoms with van der Waals surface area (Å²) in [6.07, 6.45) is 3.03. The van der Waals surface area contributed by atoms with Gasteiger partial charge in [-0.3, -0.25) is 9.69 Å². The molecule has 0 saturated carbocycles. The van der Waals surface area contributed by atoms with E-state index in [2.05, 4.69) is 17.1 Å². The second-order valence-corrected chi connectivity index (χ2v) is 6.35. The zero-order valence-corrected chi connectivity index (χ0v) is 14.0. The molecule has 4 heteroatoms. The topological polar surface area (TPSA) is 41.6 Å². The summed E-state index contributed by atoms with van der Waals surface area (Å²) in [5.41, 5.74) is 0.947. The number of hydrogen-bond acceptors (Lipinski definition) is 3. The highest BCUT2D eigenvalue weighted by atomic mass is 16.5. The van der Waals surface area contributed by atoms with Crippen LogP contribution in [0.15, 0.2) is 24.3 Å². The molecule has 22 heavy (non-hydrogen) atoms. The first-order valence-electron chi connectivity index (χ1n) is 8.31. The van der Waals surface area contributed by atoms with Gasteiger partial charge >= 0.3 is 0 Å². The number of carbonyl (C=O) groups excluding carboxylic acids is 1. The van der Waals surface area contributed by atoms with Crippen LogP contribution < -0.4 is 10.1 Å². The first-order chi connectivity index (χ1) is 10.6. The van der Waals surface area contributed by atoms with Crippen LogP contribution in [0.4, 0.5) is 0 Å². The van der Waals surface area contributed by atoms with E-state index < -0.39 is 0 Å². The highest BCUT2D eigenvalue weighted by Crippen LogP contribution is 2.20. The van der Waals surface area contributed by atoms with Gasteiger partial charge in [0, 0.05) is 18.2 Å². The lowest BCUT2D eigenvalue weighted by Crippen LogP contribution is -2.41. The van der Waals surface area contributed by atoms with E-state index in [4.69, 9.17) is 4.74 Å². The summed E-state index contributed by atoms with van der Waals surface area (Å²) in [7, 11) is 0. The van der Waals surface area contributed by atoms with Crippen LogP contribution in [0.25, 0.3) is 0 Å². The molecule has 1 saturated heterocycles. The normalized spacial score (nSPS) is 16.7. The van der Waals surface area contributed by atoms with Crippen molar-refractivity contribution < 1.29 is 9.53 Å². The van der Waals surface area contributed by atoms with E-state index in [-0.39, 0.29) is 12.0 Å². The van der Waals surface area contributed by atoms with Gasteiger partial charge in [-0.25, -0.2) is 0 Å². The maximum atomic E-state index is 12.2.